The largest absolute Gasteiger partial charge is 0.487 e. The maximum Gasteiger partial charge on any atom is 0.253 e. The predicted octanol–water partition coefficient (Wildman–Crippen LogP) is 4.50. The van der Waals surface area contributed by atoms with Gasteiger partial charge in [0, 0.05) is 12.2 Å². The monoisotopic (exact) mass is 356 g/mol. The number of halogens is 1. The van der Waals surface area contributed by atoms with E-state index < -0.39 is 0 Å². The van der Waals surface area contributed by atoms with Crippen molar-refractivity contribution in [3.63, 3.8) is 0 Å². The fourth-order valence-corrected chi connectivity index (χ4v) is 3.37. The Hall–Kier alpha value is -2.43. The van der Waals surface area contributed by atoms with Crippen molar-refractivity contribution in [3.8, 4) is 5.75 Å². The summed E-state index contributed by atoms with van der Waals surface area (Å²) in [4.78, 5) is 16.7. The molecular weight excluding hydrogens is 331 g/mol. The number of hydrogen-bond donors (Lipinski definition) is 1. The molecule has 0 saturated heterocycles. The summed E-state index contributed by atoms with van der Waals surface area (Å²) in [7, 11) is 0. The van der Waals surface area contributed by atoms with E-state index in [0.29, 0.717) is 22.9 Å². The first-order valence-corrected chi connectivity index (χ1v) is 9.26. The number of rotatable bonds is 6. The number of carbonyl (C=O) groups excluding carboxylic acids is 1. The van der Waals surface area contributed by atoms with Gasteiger partial charge in [0.05, 0.1) is 11.3 Å². The van der Waals surface area contributed by atoms with Crippen molar-refractivity contribution >= 4 is 5.91 Å². The molecule has 1 atom stereocenters. The minimum Gasteiger partial charge on any atom is -0.487 e. The molecule has 0 radical (unpaired) electrons. The predicted molar refractivity (Wildman–Crippen MR) is 98.5 cm³/mol. The molecule has 0 spiro atoms. The molecule has 1 aliphatic rings. The lowest BCUT2D eigenvalue weighted by Gasteiger charge is -2.28. The lowest BCUT2D eigenvalue weighted by molar-refractivity contribution is 0.0919. The standard InChI is InChI=1S/C21H25FN2O2/c1-15(16-5-3-2-4-6-16)24-21(25)17-7-10-19(23-13-17)14-26-20-11-8-18(22)9-12-20/h7-13,15-16H,2-6,14H2,1H3,(H,24,25)/t15-/m1/s1. The molecule has 3 rings (SSSR count). The average molecular weight is 356 g/mol. The zero-order valence-electron chi connectivity index (χ0n) is 15.1. The van der Waals surface area contributed by atoms with Crippen LogP contribution >= 0.6 is 0 Å². The molecule has 0 unspecified atom stereocenters. The maximum absolute atomic E-state index is 12.9. The first-order valence-electron chi connectivity index (χ1n) is 9.26. The minimum absolute atomic E-state index is 0.0819. The Morgan fingerprint density at radius 1 is 1.19 bits per heavy atom. The second kappa shape index (κ2) is 8.79. The van der Waals surface area contributed by atoms with Crippen molar-refractivity contribution in [2.45, 2.75) is 51.7 Å². The number of benzene rings is 1. The SMILES string of the molecule is C[C@@H](NC(=O)c1ccc(COc2ccc(F)cc2)nc1)C1CCCCC1. The molecule has 0 aliphatic heterocycles. The molecule has 1 aromatic carbocycles. The highest BCUT2D eigenvalue weighted by molar-refractivity contribution is 5.94. The summed E-state index contributed by atoms with van der Waals surface area (Å²) in [5.41, 5.74) is 1.27. The molecule has 1 saturated carbocycles. The van der Waals surface area contributed by atoms with E-state index in [1.807, 2.05) is 0 Å². The zero-order chi connectivity index (χ0) is 18.4. The topological polar surface area (TPSA) is 51.2 Å². The van der Waals surface area contributed by atoms with Gasteiger partial charge in [-0.25, -0.2) is 4.39 Å². The van der Waals surface area contributed by atoms with Gasteiger partial charge in [0.1, 0.15) is 18.2 Å². The lowest BCUT2D eigenvalue weighted by Crippen LogP contribution is -2.38. The van der Waals surface area contributed by atoms with Crippen molar-refractivity contribution in [2.24, 2.45) is 5.92 Å². The third-order valence-electron chi connectivity index (χ3n) is 5.00. The van der Waals surface area contributed by atoms with Gasteiger partial charge in [-0.2, -0.15) is 0 Å². The summed E-state index contributed by atoms with van der Waals surface area (Å²) in [6.07, 6.45) is 7.79. The Morgan fingerprint density at radius 3 is 2.58 bits per heavy atom. The van der Waals surface area contributed by atoms with E-state index in [-0.39, 0.29) is 24.4 Å². The quantitative estimate of drug-likeness (QED) is 0.829. The Balaban J connectivity index is 1.51. The van der Waals surface area contributed by atoms with Crippen molar-refractivity contribution < 1.29 is 13.9 Å². The minimum atomic E-state index is -0.298. The molecule has 138 valence electrons. The van der Waals surface area contributed by atoms with Crippen LogP contribution in [0.1, 0.15) is 55.1 Å². The summed E-state index contributed by atoms with van der Waals surface area (Å²) in [6.45, 7) is 2.36. The highest BCUT2D eigenvalue weighted by atomic mass is 19.1. The second-order valence-corrected chi connectivity index (χ2v) is 6.94. The average Bonchev–Trinajstić information content (AvgIpc) is 2.68. The van der Waals surface area contributed by atoms with Crippen LogP contribution in [0.25, 0.3) is 0 Å². The molecule has 1 fully saturated rings. The van der Waals surface area contributed by atoms with Crippen LogP contribution in [0.15, 0.2) is 42.6 Å². The van der Waals surface area contributed by atoms with Crippen molar-refractivity contribution in [3.05, 3.63) is 59.7 Å². The zero-order valence-corrected chi connectivity index (χ0v) is 15.1. The normalized spacial score (nSPS) is 16.1. The molecule has 1 aromatic heterocycles. The van der Waals surface area contributed by atoms with E-state index in [0.717, 1.165) is 0 Å². The van der Waals surface area contributed by atoms with E-state index in [2.05, 4.69) is 17.2 Å². The molecule has 26 heavy (non-hydrogen) atoms. The number of hydrogen-bond acceptors (Lipinski definition) is 3. The summed E-state index contributed by atoms with van der Waals surface area (Å²) in [5, 5.41) is 3.10. The van der Waals surface area contributed by atoms with Gasteiger partial charge in [-0.1, -0.05) is 19.3 Å². The molecular formula is C21H25FN2O2. The third kappa shape index (κ3) is 5.04. The second-order valence-electron chi connectivity index (χ2n) is 6.94. The number of aromatic nitrogens is 1. The summed E-state index contributed by atoms with van der Waals surface area (Å²) in [5.74, 6) is 0.773. The van der Waals surface area contributed by atoms with Gasteiger partial charge in [-0.05, 0) is 62.1 Å². The van der Waals surface area contributed by atoms with E-state index in [1.165, 1.54) is 44.2 Å². The maximum atomic E-state index is 12.9. The van der Waals surface area contributed by atoms with Gasteiger partial charge in [-0.3, -0.25) is 9.78 Å². The Labute approximate surface area is 153 Å². The summed E-state index contributed by atoms with van der Waals surface area (Å²) in [6, 6.07) is 9.58. The van der Waals surface area contributed by atoms with E-state index in [9.17, 15) is 9.18 Å². The highest BCUT2D eigenvalue weighted by Crippen LogP contribution is 2.26. The third-order valence-corrected chi connectivity index (χ3v) is 5.00. The first-order chi connectivity index (χ1) is 12.6. The van der Waals surface area contributed by atoms with Crippen molar-refractivity contribution in [2.75, 3.05) is 0 Å². The van der Waals surface area contributed by atoms with Gasteiger partial charge in [0.15, 0.2) is 0 Å². The van der Waals surface area contributed by atoms with Crippen molar-refractivity contribution in [1.82, 2.24) is 10.3 Å². The smallest absolute Gasteiger partial charge is 0.253 e. The molecule has 4 nitrogen and oxygen atoms in total. The highest BCUT2D eigenvalue weighted by Gasteiger charge is 2.21. The number of carbonyl (C=O) groups is 1. The van der Waals surface area contributed by atoms with E-state index >= 15 is 0 Å². The number of pyridine rings is 1. The van der Waals surface area contributed by atoms with Gasteiger partial charge in [0.2, 0.25) is 0 Å². The van der Waals surface area contributed by atoms with Gasteiger partial charge < -0.3 is 10.1 Å². The lowest BCUT2D eigenvalue weighted by atomic mass is 9.84. The van der Waals surface area contributed by atoms with Crippen LogP contribution in [-0.2, 0) is 6.61 Å². The van der Waals surface area contributed by atoms with Crippen LogP contribution in [0.5, 0.6) is 5.75 Å². The molecule has 1 amide bonds. The molecule has 2 aromatic rings. The molecule has 0 bridgehead atoms. The number of ether oxygens (including phenoxy) is 1. The molecule has 5 heteroatoms. The Bertz CT molecular complexity index is 710. The van der Waals surface area contributed by atoms with E-state index in [1.54, 1.807) is 30.5 Å². The summed E-state index contributed by atoms with van der Waals surface area (Å²) >= 11 is 0. The van der Waals surface area contributed by atoms with Crippen LogP contribution in [-0.4, -0.2) is 16.9 Å². The van der Waals surface area contributed by atoms with E-state index in [4.69, 9.17) is 4.74 Å². The van der Waals surface area contributed by atoms with Crippen LogP contribution in [0, 0.1) is 11.7 Å². The summed E-state index contributed by atoms with van der Waals surface area (Å²) < 4.78 is 18.4. The number of nitrogens with zero attached hydrogens (tertiary/aromatic N) is 1. The number of amides is 1. The molecule has 1 heterocycles. The van der Waals surface area contributed by atoms with Gasteiger partial charge >= 0.3 is 0 Å². The van der Waals surface area contributed by atoms with Crippen LogP contribution in [0.4, 0.5) is 4.39 Å². The Kier molecular flexibility index (Phi) is 6.21. The molecule has 1 aliphatic carbocycles. The van der Waals surface area contributed by atoms with Crippen molar-refractivity contribution in [1.29, 1.82) is 0 Å². The fourth-order valence-electron chi connectivity index (χ4n) is 3.37. The Morgan fingerprint density at radius 2 is 1.92 bits per heavy atom. The van der Waals surface area contributed by atoms with Crippen LogP contribution < -0.4 is 10.1 Å². The van der Waals surface area contributed by atoms with Gasteiger partial charge in [0.25, 0.3) is 5.91 Å². The molecule has 1 N–H and O–H groups in total. The fraction of sp³-hybridized carbons (Fsp3) is 0.429. The van der Waals surface area contributed by atoms with Gasteiger partial charge in [-0.15, -0.1) is 0 Å². The number of nitrogens with one attached hydrogen (secondary N) is 1. The van der Waals surface area contributed by atoms with Crippen LogP contribution in [0.2, 0.25) is 0 Å². The van der Waals surface area contributed by atoms with Crippen LogP contribution in [0.3, 0.4) is 0 Å². The first kappa shape index (κ1) is 18.4.